The number of aryl methyl sites for hydroxylation is 1. The van der Waals surface area contributed by atoms with Crippen LogP contribution in [0, 0.1) is 18.7 Å². The van der Waals surface area contributed by atoms with Gasteiger partial charge in [-0.05, 0) is 50.1 Å². The average Bonchev–Trinajstić information content (AvgIpc) is 2.74. The largest absolute Gasteiger partial charge is 0.354 e. The number of hydrogen-bond donors (Lipinski definition) is 1. The van der Waals surface area contributed by atoms with Crippen molar-refractivity contribution in [3.63, 3.8) is 0 Å². The number of carbonyl (C=O) groups excluding carboxylic acids is 1. The summed E-state index contributed by atoms with van der Waals surface area (Å²) in [5.41, 5.74) is 1.67. The summed E-state index contributed by atoms with van der Waals surface area (Å²) in [6.07, 6.45) is 5.05. The molecule has 1 aliphatic heterocycles. The molecule has 3 aromatic rings. The number of anilines is 2. The first kappa shape index (κ1) is 20.3. The smallest absolute Gasteiger partial charge is 0.229 e. The Morgan fingerprint density at radius 3 is 2.83 bits per heavy atom. The van der Waals surface area contributed by atoms with Gasteiger partial charge >= 0.3 is 0 Å². The molecule has 5 nitrogen and oxygen atoms in total. The van der Waals surface area contributed by atoms with Gasteiger partial charge in [0.1, 0.15) is 10.8 Å². The molecule has 30 heavy (non-hydrogen) atoms. The van der Waals surface area contributed by atoms with E-state index in [9.17, 15) is 9.18 Å². The fourth-order valence-corrected chi connectivity index (χ4v) is 4.59. The van der Waals surface area contributed by atoms with Crippen molar-refractivity contribution in [2.45, 2.75) is 29.7 Å². The first-order valence-electron chi connectivity index (χ1n) is 9.95. The lowest BCUT2D eigenvalue weighted by molar-refractivity contribution is -0.120. The van der Waals surface area contributed by atoms with Crippen LogP contribution in [-0.2, 0) is 4.79 Å². The Labute approximate surface area is 179 Å². The zero-order chi connectivity index (χ0) is 20.9. The topological polar surface area (TPSA) is 58.1 Å². The summed E-state index contributed by atoms with van der Waals surface area (Å²) in [7, 11) is 0. The first-order chi connectivity index (χ1) is 14.6. The lowest BCUT2D eigenvalue weighted by Crippen LogP contribution is -2.41. The number of carbonyl (C=O) groups is 1. The van der Waals surface area contributed by atoms with Crippen LogP contribution >= 0.6 is 11.8 Å². The maximum Gasteiger partial charge on any atom is 0.229 e. The van der Waals surface area contributed by atoms with Crippen molar-refractivity contribution < 1.29 is 9.18 Å². The molecule has 1 saturated heterocycles. The molecule has 0 unspecified atom stereocenters. The van der Waals surface area contributed by atoms with Crippen LogP contribution in [0.25, 0.3) is 0 Å². The minimum absolute atomic E-state index is 0.0953. The molecule has 0 aliphatic carbocycles. The number of aromatic nitrogens is 2. The fraction of sp³-hybridized carbons (Fsp3) is 0.261. The Kier molecular flexibility index (Phi) is 6.28. The minimum atomic E-state index is -0.365. The maximum atomic E-state index is 13.4. The van der Waals surface area contributed by atoms with Crippen LogP contribution in [0.1, 0.15) is 18.4 Å². The van der Waals surface area contributed by atoms with Gasteiger partial charge < -0.3 is 10.2 Å². The fourth-order valence-electron chi connectivity index (χ4n) is 3.59. The molecule has 1 N–H and O–H groups in total. The standard InChI is InChI=1S/C23H23FN4OS/c1-16-5-2-9-20(13-16)30-23-21(25-10-11-26-23)28-12-4-6-17(15-28)22(29)27-19-8-3-7-18(24)14-19/h2-3,5,7-11,13-14,17H,4,6,12,15H2,1H3,(H,27,29)/t17-/m0/s1. The Morgan fingerprint density at radius 1 is 1.17 bits per heavy atom. The van der Waals surface area contributed by atoms with Crippen molar-refractivity contribution in [2.75, 3.05) is 23.3 Å². The summed E-state index contributed by atoms with van der Waals surface area (Å²) in [6, 6.07) is 14.2. The highest BCUT2D eigenvalue weighted by molar-refractivity contribution is 7.99. The van der Waals surface area contributed by atoms with Crippen LogP contribution in [0.4, 0.5) is 15.9 Å². The molecular weight excluding hydrogens is 399 g/mol. The highest BCUT2D eigenvalue weighted by atomic mass is 32.2. The second-order valence-electron chi connectivity index (χ2n) is 7.39. The molecule has 154 valence electrons. The van der Waals surface area contributed by atoms with Gasteiger partial charge in [-0.25, -0.2) is 14.4 Å². The monoisotopic (exact) mass is 422 g/mol. The number of amides is 1. The SMILES string of the molecule is Cc1cccc(Sc2nccnc2N2CCC[C@H](C(=O)Nc3cccc(F)c3)C2)c1. The van der Waals surface area contributed by atoms with E-state index in [2.05, 4.69) is 45.3 Å². The Morgan fingerprint density at radius 2 is 2.00 bits per heavy atom. The van der Waals surface area contributed by atoms with Crippen molar-refractivity contribution in [1.82, 2.24) is 9.97 Å². The van der Waals surface area contributed by atoms with Crippen molar-refractivity contribution in [2.24, 2.45) is 5.92 Å². The quantitative estimate of drug-likeness (QED) is 0.632. The molecule has 1 fully saturated rings. The Balaban J connectivity index is 1.49. The van der Waals surface area contributed by atoms with Crippen LogP contribution in [0.15, 0.2) is 70.8 Å². The van der Waals surface area contributed by atoms with Crippen LogP contribution in [0.3, 0.4) is 0 Å². The van der Waals surface area contributed by atoms with Gasteiger partial charge in [0.2, 0.25) is 5.91 Å². The predicted octanol–water partition coefficient (Wildman–Crippen LogP) is 4.93. The third kappa shape index (κ3) is 4.97. The van der Waals surface area contributed by atoms with E-state index in [4.69, 9.17) is 0 Å². The molecule has 4 rings (SSSR count). The van der Waals surface area contributed by atoms with Gasteiger partial charge in [-0.3, -0.25) is 4.79 Å². The van der Waals surface area contributed by atoms with Crippen molar-refractivity contribution in [1.29, 1.82) is 0 Å². The van der Waals surface area contributed by atoms with Crippen molar-refractivity contribution >= 4 is 29.2 Å². The highest BCUT2D eigenvalue weighted by Crippen LogP contribution is 2.34. The molecule has 0 radical (unpaired) electrons. The third-order valence-electron chi connectivity index (χ3n) is 5.03. The average molecular weight is 423 g/mol. The van der Waals surface area contributed by atoms with E-state index in [0.717, 1.165) is 35.1 Å². The van der Waals surface area contributed by atoms with Crippen LogP contribution in [0.5, 0.6) is 0 Å². The number of nitrogens with zero attached hydrogens (tertiary/aromatic N) is 3. The van der Waals surface area contributed by atoms with Gasteiger partial charge in [0, 0.05) is 36.1 Å². The molecule has 0 saturated carbocycles. The van der Waals surface area contributed by atoms with E-state index in [1.54, 1.807) is 36.3 Å². The molecule has 1 aromatic heterocycles. The summed E-state index contributed by atoms with van der Waals surface area (Å²) in [4.78, 5) is 25.1. The van der Waals surface area contributed by atoms with Gasteiger partial charge in [0.15, 0.2) is 5.82 Å². The van der Waals surface area contributed by atoms with E-state index in [1.165, 1.54) is 17.7 Å². The second-order valence-corrected chi connectivity index (χ2v) is 8.45. The molecule has 1 amide bonds. The van der Waals surface area contributed by atoms with E-state index in [0.29, 0.717) is 12.2 Å². The van der Waals surface area contributed by atoms with Crippen molar-refractivity contribution in [3.05, 3.63) is 72.3 Å². The molecular formula is C23H23FN4OS. The van der Waals surface area contributed by atoms with Crippen LogP contribution < -0.4 is 10.2 Å². The van der Waals surface area contributed by atoms with Gasteiger partial charge in [-0.2, -0.15) is 0 Å². The van der Waals surface area contributed by atoms with E-state index in [-0.39, 0.29) is 17.6 Å². The molecule has 1 atom stereocenters. The zero-order valence-electron chi connectivity index (χ0n) is 16.7. The molecule has 7 heteroatoms. The summed E-state index contributed by atoms with van der Waals surface area (Å²) < 4.78 is 13.4. The predicted molar refractivity (Wildman–Crippen MR) is 117 cm³/mol. The van der Waals surface area contributed by atoms with Crippen molar-refractivity contribution in [3.8, 4) is 0 Å². The lowest BCUT2D eigenvalue weighted by atomic mass is 9.97. The van der Waals surface area contributed by atoms with Gasteiger partial charge in [0.05, 0.1) is 5.92 Å². The number of benzene rings is 2. The summed E-state index contributed by atoms with van der Waals surface area (Å²) in [5, 5.41) is 3.67. The zero-order valence-corrected chi connectivity index (χ0v) is 17.5. The van der Waals surface area contributed by atoms with Crippen LogP contribution in [-0.4, -0.2) is 29.0 Å². The highest BCUT2D eigenvalue weighted by Gasteiger charge is 2.28. The number of hydrogen-bond acceptors (Lipinski definition) is 5. The number of rotatable bonds is 5. The van der Waals surface area contributed by atoms with Gasteiger partial charge in [0.25, 0.3) is 0 Å². The van der Waals surface area contributed by atoms with Gasteiger partial charge in [-0.15, -0.1) is 0 Å². The molecule has 0 spiro atoms. The van der Waals surface area contributed by atoms with E-state index in [1.807, 2.05) is 6.07 Å². The number of halogens is 1. The lowest BCUT2D eigenvalue weighted by Gasteiger charge is -2.33. The summed E-state index contributed by atoms with van der Waals surface area (Å²) in [6.45, 7) is 3.44. The summed E-state index contributed by atoms with van der Waals surface area (Å²) >= 11 is 1.58. The van der Waals surface area contributed by atoms with E-state index < -0.39 is 0 Å². The number of nitrogens with one attached hydrogen (secondary N) is 1. The maximum absolute atomic E-state index is 13.4. The minimum Gasteiger partial charge on any atom is -0.354 e. The molecule has 2 heterocycles. The molecule has 1 aliphatic rings. The molecule has 0 bridgehead atoms. The normalized spacial score (nSPS) is 16.3. The Bertz CT molecular complexity index is 1040. The first-order valence-corrected chi connectivity index (χ1v) is 10.8. The molecule has 2 aromatic carbocycles. The summed E-state index contributed by atoms with van der Waals surface area (Å²) in [5.74, 6) is 0.144. The van der Waals surface area contributed by atoms with E-state index >= 15 is 0 Å². The second kappa shape index (κ2) is 9.26. The van der Waals surface area contributed by atoms with Gasteiger partial charge in [-0.1, -0.05) is 35.5 Å². The Hall–Kier alpha value is -2.93. The van der Waals surface area contributed by atoms with Crippen LogP contribution in [0.2, 0.25) is 0 Å². The third-order valence-corrected chi connectivity index (χ3v) is 6.01. The number of piperidine rings is 1.